The number of aryl methyl sites for hydroxylation is 1. The van der Waals surface area contributed by atoms with E-state index in [1.54, 1.807) is 22.7 Å². The van der Waals surface area contributed by atoms with Crippen molar-refractivity contribution in [2.24, 2.45) is 0 Å². The van der Waals surface area contributed by atoms with Gasteiger partial charge in [0.1, 0.15) is 10.0 Å². The Morgan fingerprint density at radius 1 is 1.13 bits per heavy atom. The van der Waals surface area contributed by atoms with Crippen molar-refractivity contribution in [1.82, 2.24) is 19.7 Å². The molecule has 0 radical (unpaired) electrons. The number of hydrogen-bond donors (Lipinski definition) is 0. The number of aromatic nitrogens is 4. The van der Waals surface area contributed by atoms with E-state index in [1.807, 2.05) is 35.4 Å². The van der Waals surface area contributed by atoms with Crippen LogP contribution in [-0.4, -0.2) is 19.7 Å². The SMILES string of the molecule is Cc1csc(Cn2ccc(-c3cccc(-c4nccs4)c3)n2)n1. The third-order valence-electron chi connectivity index (χ3n) is 3.44. The Morgan fingerprint density at radius 2 is 2.04 bits per heavy atom. The van der Waals surface area contributed by atoms with Crippen LogP contribution in [-0.2, 0) is 6.54 Å². The van der Waals surface area contributed by atoms with Gasteiger partial charge in [-0.05, 0) is 19.1 Å². The fourth-order valence-electron chi connectivity index (χ4n) is 2.40. The molecule has 0 aliphatic heterocycles. The van der Waals surface area contributed by atoms with Crippen LogP contribution in [0, 0.1) is 6.92 Å². The lowest BCUT2D eigenvalue weighted by Crippen LogP contribution is -2.00. The van der Waals surface area contributed by atoms with E-state index in [-0.39, 0.29) is 0 Å². The van der Waals surface area contributed by atoms with Crippen molar-refractivity contribution in [1.29, 1.82) is 0 Å². The highest BCUT2D eigenvalue weighted by Crippen LogP contribution is 2.26. The predicted octanol–water partition coefficient (Wildman–Crippen LogP) is 4.49. The summed E-state index contributed by atoms with van der Waals surface area (Å²) in [4.78, 5) is 8.86. The zero-order chi connectivity index (χ0) is 15.6. The van der Waals surface area contributed by atoms with E-state index in [0.29, 0.717) is 6.54 Å². The Hall–Kier alpha value is -2.31. The first kappa shape index (κ1) is 14.3. The van der Waals surface area contributed by atoms with Gasteiger partial charge in [0.2, 0.25) is 0 Å². The van der Waals surface area contributed by atoms with E-state index in [0.717, 1.165) is 32.5 Å². The Labute approximate surface area is 142 Å². The number of benzene rings is 1. The molecule has 23 heavy (non-hydrogen) atoms. The average molecular weight is 338 g/mol. The van der Waals surface area contributed by atoms with Crippen molar-refractivity contribution >= 4 is 22.7 Å². The predicted molar refractivity (Wildman–Crippen MR) is 94.7 cm³/mol. The maximum atomic E-state index is 4.67. The molecule has 6 heteroatoms. The van der Waals surface area contributed by atoms with Crippen LogP contribution in [0.15, 0.2) is 53.5 Å². The summed E-state index contributed by atoms with van der Waals surface area (Å²) in [5.74, 6) is 0. The molecule has 0 aliphatic carbocycles. The second-order valence-electron chi connectivity index (χ2n) is 5.20. The zero-order valence-corrected chi connectivity index (χ0v) is 14.1. The van der Waals surface area contributed by atoms with E-state index >= 15 is 0 Å². The second kappa shape index (κ2) is 6.06. The molecule has 0 aliphatic rings. The standard InChI is InChI=1S/C17H14N4S2/c1-12-11-23-16(19-12)10-21-7-5-15(20-21)13-3-2-4-14(9-13)17-18-6-8-22-17/h2-9,11H,10H2,1H3. The highest BCUT2D eigenvalue weighted by molar-refractivity contribution is 7.13. The summed E-state index contributed by atoms with van der Waals surface area (Å²) in [7, 11) is 0. The molecule has 0 spiro atoms. The Morgan fingerprint density at radius 3 is 2.83 bits per heavy atom. The molecule has 4 aromatic rings. The number of hydrogen-bond acceptors (Lipinski definition) is 5. The van der Waals surface area contributed by atoms with Gasteiger partial charge in [-0.3, -0.25) is 4.68 Å². The zero-order valence-electron chi connectivity index (χ0n) is 12.5. The summed E-state index contributed by atoms with van der Waals surface area (Å²) < 4.78 is 1.93. The minimum atomic E-state index is 0.713. The maximum absolute atomic E-state index is 4.67. The molecule has 0 N–H and O–H groups in total. The Kier molecular flexibility index (Phi) is 3.77. The molecule has 1 aromatic carbocycles. The van der Waals surface area contributed by atoms with Crippen LogP contribution in [0.2, 0.25) is 0 Å². The lowest BCUT2D eigenvalue weighted by Gasteiger charge is -2.01. The fraction of sp³-hybridized carbons (Fsp3) is 0.118. The Bertz CT molecular complexity index is 922. The topological polar surface area (TPSA) is 43.6 Å². The highest BCUT2D eigenvalue weighted by Gasteiger charge is 2.07. The first-order chi connectivity index (χ1) is 11.3. The number of thiazole rings is 2. The van der Waals surface area contributed by atoms with E-state index < -0.39 is 0 Å². The smallest absolute Gasteiger partial charge is 0.123 e. The number of rotatable bonds is 4. The highest BCUT2D eigenvalue weighted by atomic mass is 32.1. The molecule has 0 saturated carbocycles. The molecule has 0 unspecified atom stereocenters. The monoisotopic (exact) mass is 338 g/mol. The fourth-order valence-corrected chi connectivity index (χ4v) is 3.79. The van der Waals surface area contributed by atoms with Gasteiger partial charge in [0.15, 0.2) is 0 Å². The van der Waals surface area contributed by atoms with E-state index in [9.17, 15) is 0 Å². The molecular formula is C17H14N4S2. The van der Waals surface area contributed by atoms with Crippen LogP contribution >= 0.6 is 22.7 Å². The van der Waals surface area contributed by atoms with Gasteiger partial charge in [-0.2, -0.15) is 5.10 Å². The van der Waals surface area contributed by atoms with E-state index in [4.69, 9.17) is 0 Å². The molecule has 4 rings (SSSR count). The summed E-state index contributed by atoms with van der Waals surface area (Å²) in [5.41, 5.74) is 4.26. The van der Waals surface area contributed by atoms with E-state index in [1.165, 1.54) is 0 Å². The molecule has 3 aromatic heterocycles. The molecular weight excluding hydrogens is 324 g/mol. The van der Waals surface area contributed by atoms with Crippen LogP contribution in [0.5, 0.6) is 0 Å². The molecule has 0 amide bonds. The first-order valence-electron chi connectivity index (χ1n) is 7.23. The van der Waals surface area contributed by atoms with Gasteiger partial charge in [0, 0.05) is 40.0 Å². The minimum absolute atomic E-state index is 0.713. The third-order valence-corrected chi connectivity index (χ3v) is 5.22. The van der Waals surface area contributed by atoms with Crippen molar-refractivity contribution in [2.45, 2.75) is 13.5 Å². The molecule has 0 fully saturated rings. The van der Waals surface area contributed by atoms with Gasteiger partial charge in [0.05, 0.1) is 12.2 Å². The maximum Gasteiger partial charge on any atom is 0.123 e. The number of nitrogens with zero attached hydrogens (tertiary/aromatic N) is 4. The van der Waals surface area contributed by atoms with Crippen molar-refractivity contribution in [3.63, 3.8) is 0 Å². The first-order valence-corrected chi connectivity index (χ1v) is 8.98. The van der Waals surface area contributed by atoms with Gasteiger partial charge >= 0.3 is 0 Å². The van der Waals surface area contributed by atoms with E-state index in [2.05, 4.69) is 44.7 Å². The lowest BCUT2D eigenvalue weighted by molar-refractivity contribution is 0.684. The molecule has 0 bridgehead atoms. The summed E-state index contributed by atoms with van der Waals surface area (Å²) in [6.45, 7) is 2.73. The average Bonchev–Trinajstić information content (AvgIpc) is 3.30. The van der Waals surface area contributed by atoms with Crippen LogP contribution in [0.4, 0.5) is 0 Å². The normalized spacial score (nSPS) is 11.0. The van der Waals surface area contributed by atoms with Crippen LogP contribution in [0.3, 0.4) is 0 Å². The van der Waals surface area contributed by atoms with Crippen molar-refractivity contribution in [3.05, 3.63) is 64.2 Å². The van der Waals surface area contributed by atoms with Crippen molar-refractivity contribution in [3.8, 4) is 21.8 Å². The van der Waals surface area contributed by atoms with Gasteiger partial charge in [-0.25, -0.2) is 9.97 Å². The largest absolute Gasteiger partial charge is 0.265 e. The molecule has 4 nitrogen and oxygen atoms in total. The molecule has 0 atom stereocenters. The molecule has 3 heterocycles. The summed E-state index contributed by atoms with van der Waals surface area (Å²) in [5, 5.41) is 10.8. The summed E-state index contributed by atoms with van der Waals surface area (Å²) >= 11 is 3.32. The van der Waals surface area contributed by atoms with Crippen molar-refractivity contribution in [2.75, 3.05) is 0 Å². The lowest BCUT2D eigenvalue weighted by atomic mass is 10.1. The molecule has 114 valence electrons. The summed E-state index contributed by atoms with van der Waals surface area (Å²) in [6, 6.07) is 10.4. The van der Waals surface area contributed by atoms with Crippen molar-refractivity contribution < 1.29 is 0 Å². The second-order valence-corrected chi connectivity index (χ2v) is 7.04. The van der Waals surface area contributed by atoms with Gasteiger partial charge in [0.25, 0.3) is 0 Å². The van der Waals surface area contributed by atoms with Gasteiger partial charge < -0.3 is 0 Å². The van der Waals surface area contributed by atoms with Gasteiger partial charge in [-0.1, -0.05) is 18.2 Å². The van der Waals surface area contributed by atoms with Crippen LogP contribution in [0.1, 0.15) is 10.7 Å². The van der Waals surface area contributed by atoms with Crippen LogP contribution < -0.4 is 0 Å². The Balaban J connectivity index is 1.60. The minimum Gasteiger partial charge on any atom is -0.265 e. The van der Waals surface area contributed by atoms with Crippen LogP contribution in [0.25, 0.3) is 21.8 Å². The quantitative estimate of drug-likeness (QED) is 0.551. The summed E-state index contributed by atoms with van der Waals surface area (Å²) in [6.07, 6.45) is 3.83. The van der Waals surface area contributed by atoms with Gasteiger partial charge in [-0.15, -0.1) is 22.7 Å². The molecule has 0 saturated heterocycles. The third kappa shape index (κ3) is 3.09.